The van der Waals surface area contributed by atoms with Crippen LogP contribution in [0.3, 0.4) is 0 Å². The molecular formula is C13H28N2O. The van der Waals surface area contributed by atoms with E-state index < -0.39 is 0 Å². The van der Waals surface area contributed by atoms with Crippen LogP contribution < -0.4 is 5.32 Å². The van der Waals surface area contributed by atoms with Gasteiger partial charge in [-0.1, -0.05) is 13.8 Å². The molecule has 0 aromatic heterocycles. The molecule has 1 fully saturated rings. The molecule has 0 spiro atoms. The molecule has 16 heavy (non-hydrogen) atoms. The molecule has 1 aliphatic rings. The summed E-state index contributed by atoms with van der Waals surface area (Å²) in [6.07, 6.45) is 1.21. The maximum Gasteiger partial charge on any atom is 0.0509 e. The molecule has 1 rings (SSSR count). The van der Waals surface area contributed by atoms with Gasteiger partial charge in [-0.3, -0.25) is 0 Å². The summed E-state index contributed by atoms with van der Waals surface area (Å²) in [6, 6.07) is 0.573. The van der Waals surface area contributed by atoms with Crippen molar-refractivity contribution in [3.8, 4) is 0 Å². The van der Waals surface area contributed by atoms with Gasteiger partial charge in [0.05, 0.1) is 6.61 Å². The maximum absolute atomic E-state index is 5.43. The van der Waals surface area contributed by atoms with Gasteiger partial charge < -0.3 is 15.0 Å². The van der Waals surface area contributed by atoms with Gasteiger partial charge in [-0.15, -0.1) is 0 Å². The van der Waals surface area contributed by atoms with Crippen LogP contribution in [-0.2, 0) is 4.74 Å². The zero-order valence-electron chi connectivity index (χ0n) is 11.5. The molecule has 2 atom stereocenters. The Balaban J connectivity index is 2.26. The first-order valence-corrected chi connectivity index (χ1v) is 6.36. The first kappa shape index (κ1) is 13.9. The molecule has 1 aliphatic heterocycles. The lowest BCUT2D eigenvalue weighted by Gasteiger charge is -2.31. The van der Waals surface area contributed by atoms with Crippen LogP contribution in [0.4, 0.5) is 0 Å². The van der Waals surface area contributed by atoms with Crippen LogP contribution >= 0.6 is 0 Å². The number of ether oxygens (including phenoxy) is 1. The van der Waals surface area contributed by atoms with Crippen molar-refractivity contribution in [1.29, 1.82) is 0 Å². The minimum atomic E-state index is 0.331. The standard InChI is InChI=1S/C13H28N2O/c1-11(12-6-7-16-8-12)14-9-13(2,3)10-15(4)5/h11-12,14H,6-10H2,1-5H3. The van der Waals surface area contributed by atoms with Crippen molar-refractivity contribution in [3.05, 3.63) is 0 Å². The first-order valence-electron chi connectivity index (χ1n) is 6.36. The van der Waals surface area contributed by atoms with Gasteiger partial charge in [-0.05, 0) is 38.8 Å². The molecule has 1 heterocycles. The molecule has 0 aliphatic carbocycles. The smallest absolute Gasteiger partial charge is 0.0509 e. The maximum atomic E-state index is 5.43. The minimum Gasteiger partial charge on any atom is -0.381 e. The molecule has 3 nitrogen and oxygen atoms in total. The summed E-state index contributed by atoms with van der Waals surface area (Å²) in [5.74, 6) is 0.704. The van der Waals surface area contributed by atoms with Crippen molar-refractivity contribution in [2.75, 3.05) is 40.4 Å². The average molecular weight is 228 g/mol. The number of hydrogen-bond acceptors (Lipinski definition) is 3. The third-order valence-corrected chi connectivity index (χ3v) is 3.32. The Labute approximate surface area is 101 Å². The Morgan fingerprint density at radius 1 is 1.44 bits per heavy atom. The Hall–Kier alpha value is -0.120. The van der Waals surface area contributed by atoms with E-state index in [0.717, 1.165) is 26.3 Å². The summed E-state index contributed by atoms with van der Waals surface area (Å²) in [4.78, 5) is 2.25. The molecule has 0 aromatic carbocycles. The lowest BCUT2D eigenvalue weighted by atomic mass is 9.91. The Morgan fingerprint density at radius 2 is 2.12 bits per heavy atom. The summed E-state index contributed by atoms with van der Waals surface area (Å²) in [6.45, 7) is 11.0. The average Bonchev–Trinajstić information content (AvgIpc) is 2.64. The van der Waals surface area contributed by atoms with E-state index in [1.54, 1.807) is 0 Å². The van der Waals surface area contributed by atoms with Crippen molar-refractivity contribution in [1.82, 2.24) is 10.2 Å². The molecule has 96 valence electrons. The summed E-state index contributed by atoms with van der Waals surface area (Å²) in [5.41, 5.74) is 0.331. The Morgan fingerprint density at radius 3 is 2.62 bits per heavy atom. The highest BCUT2D eigenvalue weighted by Gasteiger charge is 2.25. The van der Waals surface area contributed by atoms with Crippen LogP contribution in [0, 0.1) is 11.3 Å². The van der Waals surface area contributed by atoms with E-state index in [-0.39, 0.29) is 0 Å². The zero-order chi connectivity index (χ0) is 12.2. The first-order chi connectivity index (χ1) is 7.41. The van der Waals surface area contributed by atoms with Gasteiger partial charge in [0.15, 0.2) is 0 Å². The fraction of sp³-hybridized carbons (Fsp3) is 1.00. The largest absolute Gasteiger partial charge is 0.381 e. The fourth-order valence-electron chi connectivity index (χ4n) is 2.46. The lowest BCUT2D eigenvalue weighted by molar-refractivity contribution is 0.172. The summed E-state index contributed by atoms with van der Waals surface area (Å²) in [5, 5.41) is 3.66. The van der Waals surface area contributed by atoms with Crippen molar-refractivity contribution in [2.45, 2.75) is 33.2 Å². The summed E-state index contributed by atoms with van der Waals surface area (Å²) < 4.78 is 5.43. The van der Waals surface area contributed by atoms with Crippen LogP contribution in [0.25, 0.3) is 0 Å². The van der Waals surface area contributed by atoms with Gasteiger partial charge in [-0.25, -0.2) is 0 Å². The van der Waals surface area contributed by atoms with Crippen molar-refractivity contribution < 1.29 is 4.74 Å². The van der Waals surface area contributed by atoms with Gasteiger partial charge in [0, 0.05) is 25.7 Å². The molecular weight excluding hydrogens is 200 g/mol. The predicted octanol–water partition coefficient (Wildman–Crippen LogP) is 1.59. The van der Waals surface area contributed by atoms with Gasteiger partial charge in [0.1, 0.15) is 0 Å². The molecule has 0 amide bonds. The lowest BCUT2D eigenvalue weighted by Crippen LogP contribution is -2.43. The minimum absolute atomic E-state index is 0.331. The Kier molecular flexibility index (Phi) is 5.22. The number of nitrogens with zero attached hydrogens (tertiary/aromatic N) is 1. The van der Waals surface area contributed by atoms with Crippen LogP contribution in [-0.4, -0.2) is 51.3 Å². The second-order valence-corrected chi connectivity index (χ2v) is 6.20. The van der Waals surface area contributed by atoms with Crippen molar-refractivity contribution in [3.63, 3.8) is 0 Å². The predicted molar refractivity (Wildman–Crippen MR) is 68.7 cm³/mol. The molecule has 0 bridgehead atoms. The number of nitrogens with one attached hydrogen (secondary N) is 1. The number of hydrogen-bond donors (Lipinski definition) is 1. The summed E-state index contributed by atoms with van der Waals surface area (Å²) >= 11 is 0. The molecule has 0 saturated carbocycles. The molecule has 0 radical (unpaired) electrons. The highest BCUT2D eigenvalue weighted by Crippen LogP contribution is 2.19. The monoisotopic (exact) mass is 228 g/mol. The van der Waals surface area contributed by atoms with E-state index in [2.05, 4.69) is 45.1 Å². The highest BCUT2D eigenvalue weighted by molar-refractivity contribution is 4.80. The molecule has 0 aromatic rings. The second kappa shape index (κ2) is 5.99. The van der Waals surface area contributed by atoms with Gasteiger partial charge in [0.2, 0.25) is 0 Å². The van der Waals surface area contributed by atoms with Gasteiger partial charge in [0.25, 0.3) is 0 Å². The Bertz CT molecular complexity index is 198. The third-order valence-electron chi connectivity index (χ3n) is 3.32. The van der Waals surface area contributed by atoms with Gasteiger partial charge >= 0.3 is 0 Å². The zero-order valence-corrected chi connectivity index (χ0v) is 11.5. The topological polar surface area (TPSA) is 24.5 Å². The SMILES string of the molecule is CC(NCC(C)(C)CN(C)C)C1CCOC1. The van der Waals surface area contributed by atoms with Crippen LogP contribution in [0.2, 0.25) is 0 Å². The molecule has 3 heteroatoms. The normalized spacial score (nSPS) is 24.0. The van der Waals surface area contributed by atoms with Crippen LogP contribution in [0.5, 0.6) is 0 Å². The molecule has 2 unspecified atom stereocenters. The van der Waals surface area contributed by atoms with Crippen molar-refractivity contribution in [2.24, 2.45) is 11.3 Å². The van der Waals surface area contributed by atoms with E-state index in [0.29, 0.717) is 17.4 Å². The van der Waals surface area contributed by atoms with Gasteiger partial charge in [-0.2, -0.15) is 0 Å². The second-order valence-electron chi connectivity index (χ2n) is 6.20. The van der Waals surface area contributed by atoms with E-state index >= 15 is 0 Å². The van der Waals surface area contributed by atoms with Crippen LogP contribution in [0.1, 0.15) is 27.2 Å². The highest BCUT2D eigenvalue weighted by atomic mass is 16.5. The summed E-state index contributed by atoms with van der Waals surface area (Å²) in [7, 11) is 4.27. The number of rotatable bonds is 6. The molecule has 1 N–H and O–H groups in total. The van der Waals surface area contributed by atoms with E-state index in [9.17, 15) is 0 Å². The van der Waals surface area contributed by atoms with E-state index in [1.165, 1.54) is 6.42 Å². The molecule has 1 saturated heterocycles. The fourth-order valence-corrected chi connectivity index (χ4v) is 2.46. The van der Waals surface area contributed by atoms with E-state index in [1.807, 2.05) is 0 Å². The van der Waals surface area contributed by atoms with Crippen molar-refractivity contribution >= 4 is 0 Å². The third kappa shape index (κ3) is 4.81. The van der Waals surface area contributed by atoms with E-state index in [4.69, 9.17) is 4.74 Å². The van der Waals surface area contributed by atoms with Crippen LogP contribution in [0.15, 0.2) is 0 Å². The quantitative estimate of drug-likeness (QED) is 0.747.